The van der Waals surface area contributed by atoms with E-state index in [1.807, 2.05) is 0 Å². The van der Waals surface area contributed by atoms with Crippen LogP contribution >= 0.6 is 0 Å². The highest BCUT2D eigenvalue weighted by atomic mass is 16.4. The summed E-state index contributed by atoms with van der Waals surface area (Å²) in [6.45, 7) is 3.34. The number of hydrogen-bond acceptors (Lipinski definition) is 5. The van der Waals surface area contributed by atoms with Gasteiger partial charge in [-0.25, -0.2) is 4.98 Å². The lowest BCUT2D eigenvalue weighted by Gasteiger charge is -2.15. The van der Waals surface area contributed by atoms with Crippen LogP contribution in [-0.4, -0.2) is 34.8 Å². The Morgan fingerprint density at radius 3 is 2.67 bits per heavy atom. The van der Waals surface area contributed by atoms with Crippen LogP contribution in [0.4, 0.5) is 0 Å². The van der Waals surface area contributed by atoms with Gasteiger partial charge in [-0.2, -0.15) is 0 Å². The Kier molecular flexibility index (Phi) is 3.56. The number of nitrogens with zero attached hydrogens (tertiary/aromatic N) is 2. The smallest absolute Gasteiger partial charge is 0.316 e. The molecule has 0 bridgehead atoms. The molecule has 2 N–H and O–H groups in total. The van der Waals surface area contributed by atoms with Gasteiger partial charge in [0, 0.05) is 20.0 Å². The van der Waals surface area contributed by atoms with E-state index in [4.69, 9.17) is 10.2 Å². The zero-order valence-electron chi connectivity index (χ0n) is 8.69. The van der Waals surface area contributed by atoms with Crippen molar-refractivity contribution in [1.82, 2.24) is 9.88 Å². The maximum atomic E-state index is 11.7. The van der Waals surface area contributed by atoms with Gasteiger partial charge in [0.15, 0.2) is 0 Å². The van der Waals surface area contributed by atoms with Gasteiger partial charge in [-0.15, -0.1) is 0 Å². The molecule has 0 radical (unpaired) electrons. The van der Waals surface area contributed by atoms with E-state index in [2.05, 4.69) is 4.98 Å². The molecule has 0 aliphatic rings. The SMILES string of the molecule is CC(=O)N(CCN)C(=O)c1ncc(C)o1. The summed E-state index contributed by atoms with van der Waals surface area (Å²) < 4.78 is 5.03. The molecule has 0 fully saturated rings. The molecule has 1 aromatic heterocycles. The van der Waals surface area contributed by atoms with E-state index in [0.29, 0.717) is 5.76 Å². The number of nitrogens with two attached hydrogens (primary N) is 1. The summed E-state index contributed by atoms with van der Waals surface area (Å²) in [6, 6.07) is 0. The van der Waals surface area contributed by atoms with E-state index >= 15 is 0 Å². The first-order valence-corrected chi connectivity index (χ1v) is 4.51. The van der Waals surface area contributed by atoms with E-state index < -0.39 is 5.91 Å². The number of hydrogen-bond donors (Lipinski definition) is 1. The third-order valence-electron chi connectivity index (χ3n) is 1.78. The number of aromatic nitrogens is 1. The van der Waals surface area contributed by atoms with E-state index in [-0.39, 0.29) is 24.9 Å². The Balaban J connectivity index is 2.85. The second-order valence-corrected chi connectivity index (χ2v) is 3.04. The highest BCUT2D eigenvalue weighted by Crippen LogP contribution is 2.05. The predicted molar refractivity (Wildman–Crippen MR) is 52.0 cm³/mol. The maximum Gasteiger partial charge on any atom is 0.316 e. The number of aryl methyl sites for hydroxylation is 1. The molecule has 6 heteroatoms. The van der Waals surface area contributed by atoms with Crippen molar-refractivity contribution in [2.75, 3.05) is 13.1 Å². The van der Waals surface area contributed by atoms with Crippen molar-refractivity contribution in [1.29, 1.82) is 0 Å². The standard InChI is InChI=1S/C9H13N3O3/c1-6-5-11-8(15-6)9(14)12(4-3-10)7(2)13/h5H,3-4,10H2,1-2H3. The van der Waals surface area contributed by atoms with Gasteiger partial charge in [-0.1, -0.05) is 0 Å². The Morgan fingerprint density at radius 1 is 1.60 bits per heavy atom. The quantitative estimate of drug-likeness (QED) is 0.755. The molecule has 0 spiro atoms. The molecule has 6 nitrogen and oxygen atoms in total. The number of oxazole rings is 1. The third-order valence-corrected chi connectivity index (χ3v) is 1.78. The van der Waals surface area contributed by atoms with Gasteiger partial charge in [-0.3, -0.25) is 14.5 Å². The van der Waals surface area contributed by atoms with Gasteiger partial charge in [0.1, 0.15) is 5.76 Å². The molecule has 15 heavy (non-hydrogen) atoms. The molecule has 0 aliphatic carbocycles. The Labute approximate surface area is 87.1 Å². The van der Waals surface area contributed by atoms with Crippen LogP contribution in [0.2, 0.25) is 0 Å². The first-order valence-electron chi connectivity index (χ1n) is 4.51. The summed E-state index contributed by atoms with van der Waals surface area (Å²) in [4.78, 5) is 27.6. The highest BCUT2D eigenvalue weighted by Gasteiger charge is 2.22. The van der Waals surface area contributed by atoms with Crippen LogP contribution in [0, 0.1) is 6.92 Å². The van der Waals surface area contributed by atoms with Crippen molar-refractivity contribution in [3.63, 3.8) is 0 Å². The molecule has 0 saturated heterocycles. The minimum absolute atomic E-state index is 0.0869. The minimum Gasteiger partial charge on any atom is -0.438 e. The summed E-state index contributed by atoms with van der Waals surface area (Å²) in [5.41, 5.74) is 5.29. The molecule has 0 saturated carbocycles. The summed E-state index contributed by atoms with van der Waals surface area (Å²) in [7, 11) is 0. The highest BCUT2D eigenvalue weighted by molar-refractivity contribution is 6.01. The average molecular weight is 211 g/mol. The van der Waals surface area contributed by atoms with Crippen molar-refractivity contribution < 1.29 is 14.0 Å². The van der Waals surface area contributed by atoms with Crippen LogP contribution in [0.25, 0.3) is 0 Å². The summed E-state index contributed by atoms with van der Waals surface area (Å²) in [5, 5.41) is 0. The van der Waals surface area contributed by atoms with Crippen LogP contribution in [0.1, 0.15) is 23.4 Å². The van der Waals surface area contributed by atoms with Crippen molar-refractivity contribution in [2.45, 2.75) is 13.8 Å². The molecule has 2 amide bonds. The fraction of sp³-hybridized carbons (Fsp3) is 0.444. The predicted octanol–water partition coefficient (Wildman–Crippen LogP) is -0.0696. The number of rotatable bonds is 3. The number of carbonyl (C=O) groups is 2. The normalized spacial score (nSPS) is 10.1. The monoisotopic (exact) mass is 211 g/mol. The van der Waals surface area contributed by atoms with Crippen molar-refractivity contribution in [3.8, 4) is 0 Å². The zero-order valence-corrected chi connectivity index (χ0v) is 8.69. The van der Waals surface area contributed by atoms with Gasteiger partial charge in [0.05, 0.1) is 6.20 Å². The largest absolute Gasteiger partial charge is 0.438 e. The number of amides is 2. The van der Waals surface area contributed by atoms with Crippen LogP contribution in [-0.2, 0) is 4.79 Å². The van der Waals surface area contributed by atoms with E-state index in [0.717, 1.165) is 4.90 Å². The van der Waals surface area contributed by atoms with Crippen LogP contribution in [0.5, 0.6) is 0 Å². The van der Waals surface area contributed by atoms with Gasteiger partial charge < -0.3 is 10.2 Å². The van der Waals surface area contributed by atoms with E-state index in [9.17, 15) is 9.59 Å². The molecule has 1 heterocycles. The maximum absolute atomic E-state index is 11.7. The van der Waals surface area contributed by atoms with Crippen LogP contribution in [0.15, 0.2) is 10.6 Å². The van der Waals surface area contributed by atoms with Crippen LogP contribution < -0.4 is 5.73 Å². The number of imide groups is 1. The first-order chi connectivity index (χ1) is 7.06. The molecular weight excluding hydrogens is 198 g/mol. The molecular formula is C9H13N3O3. The van der Waals surface area contributed by atoms with Gasteiger partial charge in [0.25, 0.3) is 5.89 Å². The second kappa shape index (κ2) is 4.70. The molecule has 82 valence electrons. The van der Waals surface area contributed by atoms with E-state index in [1.165, 1.54) is 13.1 Å². The van der Waals surface area contributed by atoms with E-state index in [1.54, 1.807) is 6.92 Å². The van der Waals surface area contributed by atoms with Crippen molar-refractivity contribution >= 4 is 11.8 Å². The lowest BCUT2D eigenvalue weighted by atomic mass is 10.4. The minimum atomic E-state index is -0.555. The van der Waals surface area contributed by atoms with Gasteiger partial charge in [-0.05, 0) is 6.92 Å². The number of carbonyl (C=O) groups excluding carboxylic acids is 2. The fourth-order valence-electron chi connectivity index (χ4n) is 1.10. The van der Waals surface area contributed by atoms with Crippen molar-refractivity contribution in [2.24, 2.45) is 5.73 Å². The Morgan fingerprint density at radius 2 is 2.27 bits per heavy atom. The molecule has 0 atom stereocenters. The first kappa shape index (κ1) is 11.4. The van der Waals surface area contributed by atoms with Crippen LogP contribution in [0.3, 0.4) is 0 Å². The zero-order chi connectivity index (χ0) is 11.4. The van der Waals surface area contributed by atoms with Gasteiger partial charge in [0.2, 0.25) is 5.91 Å². The topological polar surface area (TPSA) is 89.4 Å². The lowest BCUT2D eigenvalue weighted by Crippen LogP contribution is -2.39. The average Bonchev–Trinajstić information content (AvgIpc) is 2.59. The molecule has 1 aromatic rings. The summed E-state index contributed by atoms with van der Waals surface area (Å²) in [6.07, 6.45) is 1.42. The second-order valence-electron chi connectivity index (χ2n) is 3.04. The summed E-state index contributed by atoms with van der Waals surface area (Å²) >= 11 is 0. The summed E-state index contributed by atoms with van der Waals surface area (Å²) in [5.74, 6) is -0.492. The molecule has 1 rings (SSSR count). The third kappa shape index (κ3) is 2.63. The lowest BCUT2D eigenvalue weighted by molar-refractivity contribution is -0.126. The fourth-order valence-corrected chi connectivity index (χ4v) is 1.10. The molecule has 0 unspecified atom stereocenters. The Bertz CT molecular complexity index is 372. The molecule has 0 aromatic carbocycles. The van der Waals surface area contributed by atoms with Crippen molar-refractivity contribution in [3.05, 3.63) is 17.8 Å². The molecule has 0 aliphatic heterocycles. The Hall–Kier alpha value is -1.69. The van der Waals surface area contributed by atoms with Gasteiger partial charge >= 0.3 is 5.91 Å².